The summed E-state index contributed by atoms with van der Waals surface area (Å²) in [7, 11) is 0. The van der Waals surface area contributed by atoms with Crippen LogP contribution in [0, 0.1) is 0 Å². The Balaban J connectivity index is 1.97. The molecule has 2 aliphatic heterocycles. The SMILES string of the molecule is O=C1Cc2ccc(N3CCCCC3=O)cc2C(=O)N1. The van der Waals surface area contributed by atoms with Gasteiger partial charge in [-0.3, -0.25) is 19.7 Å². The van der Waals surface area contributed by atoms with E-state index < -0.39 is 0 Å². The fourth-order valence-corrected chi connectivity index (χ4v) is 2.59. The van der Waals surface area contributed by atoms with E-state index in [2.05, 4.69) is 5.32 Å². The first-order chi connectivity index (χ1) is 9.15. The minimum atomic E-state index is -0.377. The van der Waals surface area contributed by atoms with Crippen molar-refractivity contribution in [1.29, 1.82) is 0 Å². The summed E-state index contributed by atoms with van der Waals surface area (Å²) in [6.07, 6.45) is 2.68. The van der Waals surface area contributed by atoms with Crippen LogP contribution in [0.3, 0.4) is 0 Å². The average Bonchev–Trinajstić information content (AvgIpc) is 2.39. The number of nitrogens with zero attached hydrogens (tertiary/aromatic N) is 1. The smallest absolute Gasteiger partial charge is 0.258 e. The molecule has 0 saturated carbocycles. The first-order valence-corrected chi connectivity index (χ1v) is 6.42. The van der Waals surface area contributed by atoms with E-state index in [1.54, 1.807) is 17.0 Å². The van der Waals surface area contributed by atoms with Crippen LogP contribution < -0.4 is 10.2 Å². The quantitative estimate of drug-likeness (QED) is 0.765. The van der Waals surface area contributed by atoms with E-state index in [1.165, 1.54) is 0 Å². The number of hydrogen-bond acceptors (Lipinski definition) is 3. The van der Waals surface area contributed by atoms with Crippen LogP contribution in [0.25, 0.3) is 0 Å². The largest absolute Gasteiger partial charge is 0.312 e. The van der Waals surface area contributed by atoms with Gasteiger partial charge in [-0.25, -0.2) is 0 Å². The summed E-state index contributed by atoms with van der Waals surface area (Å²) in [5, 5.41) is 2.30. The molecule has 1 aromatic carbocycles. The van der Waals surface area contributed by atoms with Gasteiger partial charge in [0.2, 0.25) is 11.8 Å². The summed E-state index contributed by atoms with van der Waals surface area (Å²) >= 11 is 0. The summed E-state index contributed by atoms with van der Waals surface area (Å²) in [6, 6.07) is 5.29. The van der Waals surface area contributed by atoms with E-state index in [9.17, 15) is 14.4 Å². The van der Waals surface area contributed by atoms with E-state index in [0.29, 0.717) is 18.5 Å². The van der Waals surface area contributed by atoms with Gasteiger partial charge in [-0.15, -0.1) is 0 Å². The Morgan fingerprint density at radius 1 is 1.11 bits per heavy atom. The van der Waals surface area contributed by atoms with Crippen LogP contribution in [0.15, 0.2) is 18.2 Å². The molecule has 0 radical (unpaired) electrons. The molecule has 0 spiro atoms. The Morgan fingerprint density at radius 2 is 1.95 bits per heavy atom. The van der Waals surface area contributed by atoms with Gasteiger partial charge in [-0.2, -0.15) is 0 Å². The third-order valence-corrected chi connectivity index (χ3v) is 3.58. The first kappa shape index (κ1) is 11.9. The van der Waals surface area contributed by atoms with E-state index in [0.717, 1.165) is 24.1 Å². The second kappa shape index (κ2) is 4.50. The second-order valence-electron chi connectivity index (χ2n) is 4.90. The van der Waals surface area contributed by atoms with Gasteiger partial charge in [0.1, 0.15) is 0 Å². The van der Waals surface area contributed by atoms with Crippen molar-refractivity contribution in [2.45, 2.75) is 25.7 Å². The van der Waals surface area contributed by atoms with Crippen LogP contribution in [0.1, 0.15) is 35.2 Å². The number of benzene rings is 1. The third kappa shape index (κ3) is 2.12. The van der Waals surface area contributed by atoms with Crippen molar-refractivity contribution in [3.8, 4) is 0 Å². The highest BCUT2D eigenvalue weighted by atomic mass is 16.2. The minimum Gasteiger partial charge on any atom is -0.312 e. The maximum absolute atomic E-state index is 11.9. The van der Waals surface area contributed by atoms with Crippen molar-refractivity contribution in [2.24, 2.45) is 0 Å². The lowest BCUT2D eigenvalue weighted by atomic mass is 9.98. The molecule has 5 heteroatoms. The van der Waals surface area contributed by atoms with Crippen molar-refractivity contribution < 1.29 is 14.4 Å². The topological polar surface area (TPSA) is 66.5 Å². The molecule has 0 bridgehead atoms. The Labute approximate surface area is 110 Å². The van der Waals surface area contributed by atoms with E-state index in [-0.39, 0.29) is 24.1 Å². The molecular formula is C14H14N2O3. The number of imide groups is 1. The lowest BCUT2D eigenvalue weighted by Gasteiger charge is -2.28. The molecule has 0 atom stereocenters. The fourth-order valence-electron chi connectivity index (χ4n) is 2.59. The van der Waals surface area contributed by atoms with Crippen molar-refractivity contribution in [2.75, 3.05) is 11.4 Å². The number of amides is 3. The van der Waals surface area contributed by atoms with Crippen LogP contribution in [-0.2, 0) is 16.0 Å². The zero-order valence-electron chi connectivity index (χ0n) is 10.4. The summed E-state index contributed by atoms with van der Waals surface area (Å²) < 4.78 is 0. The van der Waals surface area contributed by atoms with Gasteiger partial charge < -0.3 is 4.90 Å². The number of hydrogen-bond donors (Lipinski definition) is 1. The first-order valence-electron chi connectivity index (χ1n) is 6.42. The van der Waals surface area contributed by atoms with Crippen LogP contribution in [0.2, 0.25) is 0 Å². The maximum atomic E-state index is 11.9. The molecule has 0 unspecified atom stereocenters. The molecule has 5 nitrogen and oxygen atoms in total. The van der Waals surface area contributed by atoms with Crippen LogP contribution in [0.5, 0.6) is 0 Å². The van der Waals surface area contributed by atoms with Gasteiger partial charge >= 0.3 is 0 Å². The summed E-state index contributed by atoms with van der Waals surface area (Å²) in [5.74, 6) is -0.560. The van der Waals surface area contributed by atoms with Crippen molar-refractivity contribution in [3.63, 3.8) is 0 Å². The Kier molecular flexibility index (Phi) is 2.81. The van der Waals surface area contributed by atoms with Gasteiger partial charge in [0.05, 0.1) is 6.42 Å². The third-order valence-electron chi connectivity index (χ3n) is 3.58. The number of carbonyl (C=O) groups excluding carboxylic acids is 3. The molecule has 1 N–H and O–H groups in total. The van der Waals surface area contributed by atoms with Gasteiger partial charge in [0.15, 0.2) is 0 Å². The summed E-state index contributed by atoms with van der Waals surface area (Å²) in [5.41, 5.74) is 1.96. The van der Waals surface area contributed by atoms with Gasteiger partial charge in [-0.1, -0.05) is 6.07 Å². The molecule has 1 fully saturated rings. The lowest BCUT2D eigenvalue weighted by molar-refractivity contribution is -0.120. The zero-order valence-corrected chi connectivity index (χ0v) is 10.4. The normalized spacial score (nSPS) is 19.2. The number of rotatable bonds is 1. The molecule has 98 valence electrons. The molecule has 0 aliphatic carbocycles. The number of fused-ring (bicyclic) bond motifs is 1. The van der Waals surface area contributed by atoms with Crippen LogP contribution >= 0.6 is 0 Å². The molecule has 19 heavy (non-hydrogen) atoms. The monoisotopic (exact) mass is 258 g/mol. The Bertz CT molecular complexity index is 580. The van der Waals surface area contributed by atoms with Crippen molar-refractivity contribution >= 4 is 23.4 Å². The fraction of sp³-hybridized carbons (Fsp3) is 0.357. The highest BCUT2D eigenvalue weighted by Crippen LogP contribution is 2.25. The number of nitrogens with one attached hydrogen (secondary N) is 1. The standard InChI is InChI=1S/C14H14N2O3/c17-12-7-9-4-5-10(8-11(9)14(19)15-12)16-6-2-1-3-13(16)18/h4-5,8H,1-3,6-7H2,(H,15,17,19). The second-order valence-corrected chi connectivity index (χ2v) is 4.90. The van der Waals surface area contributed by atoms with Gasteiger partial charge in [-0.05, 0) is 30.5 Å². The molecule has 2 heterocycles. The van der Waals surface area contributed by atoms with Crippen LogP contribution in [0.4, 0.5) is 5.69 Å². The molecule has 0 aromatic heterocycles. The summed E-state index contributed by atoms with van der Waals surface area (Å²) in [6.45, 7) is 0.693. The number of piperidine rings is 1. The maximum Gasteiger partial charge on any atom is 0.258 e. The molecule has 2 aliphatic rings. The highest BCUT2D eigenvalue weighted by Gasteiger charge is 2.25. The molecule has 1 aromatic rings. The molecular weight excluding hydrogens is 244 g/mol. The Hall–Kier alpha value is -2.17. The number of anilines is 1. The predicted octanol–water partition coefficient (Wildman–Crippen LogP) is 1.02. The molecule has 3 rings (SSSR count). The van der Waals surface area contributed by atoms with E-state index in [1.807, 2.05) is 6.07 Å². The van der Waals surface area contributed by atoms with Crippen molar-refractivity contribution in [3.05, 3.63) is 29.3 Å². The minimum absolute atomic E-state index is 0.0958. The summed E-state index contributed by atoms with van der Waals surface area (Å²) in [4.78, 5) is 36.6. The zero-order chi connectivity index (χ0) is 13.4. The average molecular weight is 258 g/mol. The predicted molar refractivity (Wildman–Crippen MR) is 68.8 cm³/mol. The molecule has 3 amide bonds. The van der Waals surface area contributed by atoms with Crippen molar-refractivity contribution in [1.82, 2.24) is 5.32 Å². The highest BCUT2D eigenvalue weighted by molar-refractivity contribution is 6.10. The molecule has 1 saturated heterocycles. The number of carbonyl (C=O) groups is 3. The van der Waals surface area contributed by atoms with E-state index >= 15 is 0 Å². The van der Waals surface area contributed by atoms with Gasteiger partial charge in [0.25, 0.3) is 5.91 Å². The Morgan fingerprint density at radius 3 is 2.74 bits per heavy atom. The van der Waals surface area contributed by atoms with Crippen LogP contribution in [-0.4, -0.2) is 24.3 Å². The van der Waals surface area contributed by atoms with E-state index in [4.69, 9.17) is 0 Å². The van der Waals surface area contributed by atoms with Gasteiger partial charge in [0, 0.05) is 24.2 Å². The lowest BCUT2D eigenvalue weighted by Crippen LogP contribution is -2.38.